The number of carbonyl (C=O) groups excluding carboxylic acids is 1. The van der Waals surface area contributed by atoms with Gasteiger partial charge in [-0.3, -0.25) is 4.79 Å². The summed E-state index contributed by atoms with van der Waals surface area (Å²) in [5.74, 6) is 0.634. The number of carbonyl (C=O) groups is 1. The lowest BCUT2D eigenvalue weighted by atomic mass is 9.95. The van der Waals surface area contributed by atoms with Crippen LogP contribution in [0.15, 0.2) is 24.5 Å². The topological polar surface area (TPSA) is 137 Å². The average molecular weight is 470 g/mol. The fourth-order valence-corrected chi connectivity index (χ4v) is 3.93. The third kappa shape index (κ3) is 5.72. The SMILES string of the molecule is COc1cnc2ccc(F)c(CN)c2n1.O=C1COc2ncc(CNC3CCCCC3)nc2N1. The molecule has 1 amide bonds. The number of methoxy groups -OCH3 is 1. The quantitative estimate of drug-likeness (QED) is 0.514. The minimum absolute atomic E-state index is 0.0152. The van der Waals surface area contributed by atoms with Crippen molar-refractivity contribution in [3.8, 4) is 11.8 Å². The molecule has 5 rings (SSSR count). The predicted molar refractivity (Wildman–Crippen MR) is 124 cm³/mol. The summed E-state index contributed by atoms with van der Waals surface area (Å²) in [5.41, 5.74) is 7.71. The van der Waals surface area contributed by atoms with Crippen LogP contribution < -0.4 is 25.8 Å². The van der Waals surface area contributed by atoms with Crippen molar-refractivity contribution in [2.75, 3.05) is 19.0 Å². The molecule has 1 fully saturated rings. The van der Waals surface area contributed by atoms with Gasteiger partial charge in [-0.1, -0.05) is 19.3 Å². The Bertz CT molecular complexity index is 1150. The number of amides is 1. The summed E-state index contributed by atoms with van der Waals surface area (Å²) in [6.07, 6.45) is 9.61. The van der Waals surface area contributed by atoms with Crippen LogP contribution in [0.5, 0.6) is 11.8 Å². The van der Waals surface area contributed by atoms with Crippen molar-refractivity contribution in [2.45, 2.75) is 51.2 Å². The molecule has 0 bridgehead atoms. The Kier molecular flexibility index (Phi) is 7.76. The molecule has 2 aliphatic rings. The van der Waals surface area contributed by atoms with Gasteiger partial charge in [-0.2, -0.15) is 0 Å². The predicted octanol–water partition coefficient (Wildman–Crippen LogP) is 2.47. The molecule has 2 aromatic heterocycles. The maximum absolute atomic E-state index is 13.4. The van der Waals surface area contributed by atoms with E-state index in [1.165, 1.54) is 51.5 Å². The van der Waals surface area contributed by atoms with Crippen LogP contribution in [-0.2, 0) is 17.9 Å². The molecule has 0 saturated heterocycles. The molecule has 1 aliphatic heterocycles. The van der Waals surface area contributed by atoms with Crippen LogP contribution in [0.25, 0.3) is 11.0 Å². The number of halogens is 1. The number of ether oxygens (including phenoxy) is 2. The lowest BCUT2D eigenvalue weighted by molar-refractivity contribution is -0.118. The Labute approximate surface area is 196 Å². The molecule has 10 nitrogen and oxygen atoms in total. The van der Waals surface area contributed by atoms with Gasteiger partial charge < -0.3 is 25.8 Å². The van der Waals surface area contributed by atoms with Gasteiger partial charge >= 0.3 is 0 Å². The summed E-state index contributed by atoms with van der Waals surface area (Å²) in [6, 6.07) is 3.49. The first-order chi connectivity index (χ1) is 16.6. The molecule has 0 atom stereocenters. The minimum atomic E-state index is -0.368. The van der Waals surface area contributed by atoms with Gasteiger partial charge in [0.25, 0.3) is 11.8 Å². The molecule has 3 heterocycles. The second-order valence-electron chi connectivity index (χ2n) is 8.08. The van der Waals surface area contributed by atoms with Gasteiger partial charge in [-0.25, -0.2) is 24.3 Å². The standard InChI is InChI=1S/C13H18N4O2.C10H10FN3O/c18-11-8-19-13-12(17-11)16-10(7-15-13)6-14-9-4-2-1-3-5-9;1-15-9-5-13-8-3-2-7(11)6(4-12)10(8)14-9/h7,9,14H,1-6,8H2,(H,16,17,18);2-3,5H,4,12H2,1H3. The van der Waals surface area contributed by atoms with Gasteiger partial charge in [0.2, 0.25) is 5.88 Å². The molecule has 1 aliphatic carbocycles. The molecule has 0 spiro atoms. The molecule has 1 saturated carbocycles. The van der Waals surface area contributed by atoms with Gasteiger partial charge in [0.15, 0.2) is 12.4 Å². The van der Waals surface area contributed by atoms with E-state index >= 15 is 0 Å². The largest absolute Gasteiger partial charge is 0.480 e. The third-order valence-corrected chi connectivity index (χ3v) is 5.72. The Balaban J connectivity index is 0.000000166. The number of hydrogen-bond donors (Lipinski definition) is 3. The van der Waals surface area contributed by atoms with Crippen molar-refractivity contribution in [1.29, 1.82) is 0 Å². The van der Waals surface area contributed by atoms with Crippen molar-refractivity contribution in [1.82, 2.24) is 25.3 Å². The molecule has 11 heteroatoms. The zero-order valence-electron chi connectivity index (χ0n) is 19.0. The summed E-state index contributed by atoms with van der Waals surface area (Å²) < 4.78 is 23.5. The van der Waals surface area contributed by atoms with E-state index in [2.05, 4.69) is 30.6 Å². The first-order valence-electron chi connectivity index (χ1n) is 11.3. The van der Waals surface area contributed by atoms with Gasteiger partial charge in [-0.05, 0) is 25.0 Å². The highest BCUT2D eigenvalue weighted by atomic mass is 19.1. The van der Waals surface area contributed by atoms with Gasteiger partial charge in [0.05, 0.1) is 30.7 Å². The van der Waals surface area contributed by atoms with Crippen molar-refractivity contribution in [3.63, 3.8) is 0 Å². The minimum Gasteiger partial charge on any atom is -0.480 e. The normalized spacial score (nSPS) is 15.6. The molecule has 3 aromatic rings. The smallest absolute Gasteiger partial charge is 0.263 e. The van der Waals surface area contributed by atoms with Crippen LogP contribution in [0.3, 0.4) is 0 Å². The van der Waals surface area contributed by atoms with Gasteiger partial charge in [0, 0.05) is 24.7 Å². The van der Waals surface area contributed by atoms with E-state index in [-0.39, 0.29) is 24.9 Å². The zero-order chi connectivity index (χ0) is 23.9. The summed E-state index contributed by atoms with van der Waals surface area (Å²) in [4.78, 5) is 28.0. The van der Waals surface area contributed by atoms with E-state index in [9.17, 15) is 9.18 Å². The van der Waals surface area contributed by atoms with Crippen LogP contribution in [0.1, 0.15) is 43.4 Å². The number of anilines is 1. The number of nitrogens with zero attached hydrogens (tertiary/aromatic N) is 4. The average Bonchev–Trinajstić information content (AvgIpc) is 2.87. The summed E-state index contributed by atoms with van der Waals surface area (Å²) in [7, 11) is 1.48. The van der Waals surface area contributed by atoms with Crippen molar-refractivity contribution < 1.29 is 18.7 Å². The third-order valence-electron chi connectivity index (χ3n) is 5.72. The van der Waals surface area contributed by atoms with Gasteiger partial charge in [-0.15, -0.1) is 0 Å². The first kappa shape index (κ1) is 23.7. The molecular weight excluding hydrogens is 441 g/mol. The highest BCUT2D eigenvalue weighted by Crippen LogP contribution is 2.23. The van der Waals surface area contributed by atoms with Crippen molar-refractivity contribution >= 4 is 22.8 Å². The second-order valence-corrected chi connectivity index (χ2v) is 8.08. The van der Waals surface area contributed by atoms with Crippen molar-refractivity contribution in [2.24, 2.45) is 5.73 Å². The Morgan fingerprint density at radius 3 is 2.79 bits per heavy atom. The number of benzene rings is 1. The van der Waals surface area contributed by atoms with Crippen LogP contribution in [-0.4, -0.2) is 45.6 Å². The zero-order valence-corrected chi connectivity index (χ0v) is 19.0. The molecular formula is C23H28FN7O3. The number of fused-ring (bicyclic) bond motifs is 2. The van der Waals surface area contributed by atoms with Gasteiger partial charge in [0.1, 0.15) is 11.3 Å². The second kappa shape index (κ2) is 11.1. The van der Waals surface area contributed by atoms with E-state index in [0.717, 1.165) is 5.69 Å². The first-order valence-corrected chi connectivity index (χ1v) is 11.3. The molecule has 0 unspecified atom stereocenters. The Morgan fingerprint density at radius 2 is 2.03 bits per heavy atom. The fraction of sp³-hybridized carbons (Fsp3) is 0.435. The number of aromatic nitrogens is 4. The Hall–Kier alpha value is -3.44. The van der Waals surface area contributed by atoms with E-state index in [4.69, 9.17) is 15.2 Å². The van der Waals surface area contributed by atoms with Crippen LogP contribution >= 0.6 is 0 Å². The summed E-state index contributed by atoms with van der Waals surface area (Å²) in [5, 5.41) is 6.17. The van der Waals surface area contributed by atoms with E-state index < -0.39 is 0 Å². The molecule has 4 N–H and O–H groups in total. The Morgan fingerprint density at radius 1 is 1.21 bits per heavy atom. The molecule has 34 heavy (non-hydrogen) atoms. The number of rotatable bonds is 5. The maximum atomic E-state index is 13.4. The van der Waals surface area contributed by atoms with E-state index in [1.807, 2.05) is 0 Å². The summed E-state index contributed by atoms with van der Waals surface area (Å²) >= 11 is 0. The maximum Gasteiger partial charge on any atom is 0.263 e. The lowest BCUT2D eigenvalue weighted by Gasteiger charge is -2.23. The molecule has 1 aromatic carbocycles. The van der Waals surface area contributed by atoms with E-state index in [1.54, 1.807) is 12.3 Å². The summed E-state index contributed by atoms with van der Waals surface area (Å²) in [6.45, 7) is 0.785. The van der Waals surface area contributed by atoms with Crippen LogP contribution in [0.2, 0.25) is 0 Å². The molecule has 180 valence electrons. The lowest BCUT2D eigenvalue weighted by Crippen LogP contribution is -2.31. The monoisotopic (exact) mass is 469 g/mol. The number of hydrogen-bond acceptors (Lipinski definition) is 9. The fourth-order valence-electron chi connectivity index (χ4n) is 3.93. The van der Waals surface area contributed by atoms with Crippen LogP contribution in [0.4, 0.5) is 10.2 Å². The number of nitrogens with two attached hydrogens (primary N) is 1. The molecule has 0 radical (unpaired) electrons. The number of nitrogens with one attached hydrogen (secondary N) is 2. The highest BCUT2D eigenvalue weighted by molar-refractivity contribution is 5.93. The van der Waals surface area contributed by atoms with E-state index in [0.29, 0.717) is 46.8 Å². The van der Waals surface area contributed by atoms with Crippen molar-refractivity contribution in [3.05, 3.63) is 41.6 Å². The van der Waals surface area contributed by atoms with Crippen LogP contribution in [0, 0.1) is 5.82 Å². The highest BCUT2D eigenvalue weighted by Gasteiger charge is 2.19.